The first-order valence-electron chi connectivity index (χ1n) is 11.1. The van der Waals surface area contributed by atoms with Gasteiger partial charge >= 0.3 is 0 Å². The first-order chi connectivity index (χ1) is 15.7. The summed E-state index contributed by atoms with van der Waals surface area (Å²) in [5.74, 6) is 2.26. The highest BCUT2D eigenvalue weighted by Crippen LogP contribution is 2.40. The summed E-state index contributed by atoms with van der Waals surface area (Å²) in [5, 5.41) is 9.31. The molecule has 164 valence electrons. The number of ether oxygens (including phenoxy) is 1. The largest absolute Gasteiger partial charge is 0.485 e. The normalized spacial score (nSPS) is 22.4. The van der Waals surface area contributed by atoms with Crippen LogP contribution >= 0.6 is 11.5 Å². The number of nitrogens with zero attached hydrogens (tertiary/aromatic N) is 6. The van der Waals surface area contributed by atoms with E-state index in [1.165, 1.54) is 24.4 Å². The predicted molar refractivity (Wildman–Crippen MR) is 124 cm³/mol. The molecule has 8 nitrogen and oxygen atoms in total. The second-order valence-electron chi connectivity index (χ2n) is 8.58. The highest BCUT2D eigenvalue weighted by Gasteiger charge is 2.42. The van der Waals surface area contributed by atoms with Gasteiger partial charge in [0, 0.05) is 35.9 Å². The quantitative estimate of drug-likeness (QED) is 0.477. The summed E-state index contributed by atoms with van der Waals surface area (Å²) < 4.78 is 12.2. The van der Waals surface area contributed by atoms with Crippen molar-refractivity contribution in [1.82, 2.24) is 24.0 Å². The van der Waals surface area contributed by atoms with Gasteiger partial charge < -0.3 is 15.0 Å². The molecule has 0 saturated carbocycles. The Hall–Kier alpha value is -3.20. The number of aromatic nitrogens is 5. The van der Waals surface area contributed by atoms with Crippen LogP contribution in [0.25, 0.3) is 5.65 Å². The average Bonchev–Trinajstić information content (AvgIpc) is 3.48. The van der Waals surface area contributed by atoms with Crippen molar-refractivity contribution in [2.24, 2.45) is 0 Å². The molecule has 0 amide bonds. The molecule has 2 saturated heterocycles. The smallest absolute Gasteiger partial charge is 0.243 e. The lowest BCUT2D eigenvalue weighted by molar-refractivity contribution is 0.308. The predicted octanol–water partition coefficient (Wildman–Crippen LogP) is 4.08. The number of hydrogen-bond acceptors (Lipinski definition) is 8. The lowest BCUT2D eigenvalue weighted by Gasteiger charge is -2.38. The fourth-order valence-corrected chi connectivity index (χ4v) is 5.79. The van der Waals surface area contributed by atoms with Gasteiger partial charge in [-0.3, -0.25) is 0 Å². The summed E-state index contributed by atoms with van der Waals surface area (Å²) in [6.45, 7) is 2.46. The van der Waals surface area contributed by atoms with E-state index in [-0.39, 0.29) is 0 Å². The molecule has 2 fully saturated rings. The van der Waals surface area contributed by atoms with E-state index < -0.39 is 0 Å². The van der Waals surface area contributed by atoms with Crippen molar-refractivity contribution in [3.05, 3.63) is 60.0 Å². The summed E-state index contributed by atoms with van der Waals surface area (Å²) in [7, 11) is 0. The van der Waals surface area contributed by atoms with Gasteiger partial charge in [0.25, 0.3) is 0 Å². The first-order valence-corrected chi connectivity index (χ1v) is 11.9. The van der Waals surface area contributed by atoms with Crippen LogP contribution in [0.1, 0.15) is 37.1 Å². The Morgan fingerprint density at radius 1 is 1.06 bits per heavy atom. The summed E-state index contributed by atoms with van der Waals surface area (Å²) in [6.07, 6.45) is 6.44. The molecule has 2 bridgehead atoms. The molecule has 32 heavy (non-hydrogen) atoms. The van der Waals surface area contributed by atoms with E-state index in [1.54, 1.807) is 4.52 Å². The van der Waals surface area contributed by atoms with Gasteiger partial charge in [0.15, 0.2) is 11.4 Å². The van der Waals surface area contributed by atoms with E-state index >= 15 is 0 Å². The molecule has 1 aromatic carbocycles. The number of nitrogens with one attached hydrogen (secondary N) is 1. The van der Waals surface area contributed by atoms with E-state index in [2.05, 4.69) is 36.8 Å². The third-order valence-corrected chi connectivity index (χ3v) is 7.19. The number of pyridine rings is 1. The first kappa shape index (κ1) is 19.5. The van der Waals surface area contributed by atoms with Crippen LogP contribution in [0.4, 0.5) is 11.1 Å². The van der Waals surface area contributed by atoms with Crippen molar-refractivity contribution in [3.63, 3.8) is 0 Å². The maximum Gasteiger partial charge on any atom is 0.243 e. The van der Waals surface area contributed by atoms with Crippen LogP contribution in [-0.4, -0.2) is 42.1 Å². The fourth-order valence-electron chi connectivity index (χ4n) is 4.97. The molecule has 2 aliphatic rings. The zero-order valence-corrected chi connectivity index (χ0v) is 18.7. The molecule has 0 aliphatic carbocycles. The van der Waals surface area contributed by atoms with E-state index in [0.29, 0.717) is 30.7 Å². The molecule has 4 aromatic rings. The minimum absolute atomic E-state index is 0.351. The third kappa shape index (κ3) is 3.66. The molecule has 0 spiro atoms. The van der Waals surface area contributed by atoms with E-state index in [4.69, 9.17) is 9.72 Å². The zero-order chi connectivity index (χ0) is 21.5. The van der Waals surface area contributed by atoms with Gasteiger partial charge in [0.2, 0.25) is 11.1 Å². The molecule has 2 aliphatic heterocycles. The minimum atomic E-state index is 0.351. The van der Waals surface area contributed by atoms with Gasteiger partial charge in [-0.25, -0.2) is 9.50 Å². The number of fused-ring (bicyclic) bond motifs is 3. The topological polar surface area (TPSA) is 80.5 Å². The summed E-state index contributed by atoms with van der Waals surface area (Å²) in [5.41, 5.74) is 1.86. The Kier molecular flexibility index (Phi) is 4.90. The molecular weight excluding hydrogens is 422 g/mol. The molecule has 3 aromatic heterocycles. The summed E-state index contributed by atoms with van der Waals surface area (Å²) in [4.78, 5) is 11.9. The third-order valence-electron chi connectivity index (χ3n) is 6.37. The minimum Gasteiger partial charge on any atom is -0.485 e. The molecule has 0 radical (unpaired) electrons. The Morgan fingerprint density at radius 2 is 1.88 bits per heavy atom. The Morgan fingerprint density at radius 3 is 2.62 bits per heavy atom. The number of hydrogen-bond donors (Lipinski definition) is 1. The van der Waals surface area contributed by atoms with Crippen LogP contribution in [0.2, 0.25) is 0 Å². The van der Waals surface area contributed by atoms with Crippen LogP contribution in [0, 0.1) is 6.92 Å². The molecule has 1 N–H and O–H groups in total. The lowest BCUT2D eigenvalue weighted by Crippen LogP contribution is -2.47. The SMILES string of the molecule is Cc1nsc(N2C3CCC2CC(Nc2nc4c(OCc5ccccc5)cccn4n2)C3)n1. The molecular formula is C23H25N7OS. The van der Waals surface area contributed by atoms with Gasteiger partial charge in [-0.1, -0.05) is 30.3 Å². The van der Waals surface area contributed by atoms with Crippen molar-refractivity contribution in [2.45, 2.75) is 57.3 Å². The summed E-state index contributed by atoms with van der Waals surface area (Å²) in [6, 6.07) is 15.4. The van der Waals surface area contributed by atoms with E-state index in [0.717, 1.165) is 40.8 Å². The van der Waals surface area contributed by atoms with Crippen LogP contribution in [-0.2, 0) is 6.61 Å². The number of anilines is 2. The second kappa shape index (κ2) is 8.05. The maximum absolute atomic E-state index is 6.05. The highest BCUT2D eigenvalue weighted by atomic mass is 32.1. The van der Waals surface area contributed by atoms with Crippen molar-refractivity contribution in [1.29, 1.82) is 0 Å². The Bertz CT molecular complexity index is 1210. The van der Waals surface area contributed by atoms with Crippen LogP contribution in [0.5, 0.6) is 5.75 Å². The van der Waals surface area contributed by atoms with Gasteiger partial charge in [0.05, 0.1) is 0 Å². The van der Waals surface area contributed by atoms with Crippen LogP contribution < -0.4 is 15.0 Å². The Labute approximate surface area is 190 Å². The van der Waals surface area contributed by atoms with E-state index in [1.807, 2.05) is 43.5 Å². The van der Waals surface area contributed by atoms with Crippen molar-refractivity contribution in [3.8, 4) is 5.75 Å². The number of aryl methyl sites for hydroxylation is 1. The Balaban J connectivity index is 1.16. The summed E-state index contributed by atoms with van der Waals surface area (Å²) >= 11 is 1.52. The second-order valence-corrected chi connectivity index (χ2v) is 9.31. The number of benzene rings is 1. The van der Waals surface area contributed by atoms with E-state index in [9.17, 15) is 0 Å². The van der Waals surface area contributed by atoms with Gasteiger partial charge in [-0.05, 0) is 50.3 Å². The van der Waals surface area contributed by atoms with Gasteiger partial charge in [0.1, 0.15) is 12.4 Å². The lowest BCUT2D eigenvalue weighted by atomic mass is 9.98. The average molecular weight is 448 g/mol. The number of rotatable bonds is 6. The maximum atomic E-state index is 6.05. The van der Waals surface area contributed by atoms with Crippen LogP contribution in [0.3, 0.4) is 0 Å². The monoisotopic (exact) mass is 447 g/mol. The zero-order valence-electron chi connectivity index (χ0n) is 17.9. The standard InChI is InChI=1S/C23H25N7OS/c1-15-24-23(32-28-15)30-18-9-10-19(30)13-17(12-18)25-22-26-21-20(8-5-11-29(21)27-22)31-14-16-6-3-2-4-7-16/h2-8,11,17-19H,9-10,12-14H2,1H3,(H,25,27). The molecule has 9 heteroatoms. The van der Waals surface area contributed by atoms with Gasteiger partial charge in [-0.2, -0.15) is 9.36 Å². The molecule has 2 atom stereocenters. The molecule has 2 unspecified atom stereocenters. The molecule has 5 heterocycles. The van der Waals surface area contributed by atoms with Crippen molar-refractivity contribution >= 4 is 28.3 Å². The fraction of sp³-hybridized carbons (Fsp3) is 0.391. The highest BCUT2D eigenvalue weighted by molar-refractivity contribution is 7.09. The van der Waals surface area contributed by atoms with Crippen molar-refractivity contribution < 1.29 is 4.74 Å². The van der Waals surface area contributed by atoms with Gasteiger partial charge in [-0.15, -0.1) is 5.10 Å². The van der Waals surface area contributed by atoms with Crippen molar-refractivity contribution in [2.75, 3.05) is 10.2 Å². The molecule has 6 rings (SSSR count). The van der Waals surface area contributed by atoms with Crippen LogP contribution in [0.15, 0.2) is 48.7 Å². The number of piperidine rings is 1.